The molecule has 1 heterocycles. The number of hydrogen-bond donors (Lipinski definition) is 0. The van der Waals surface area contributed by atoms with Gasteiger partial charge in [-0.2, -0.15) is 0 Å². The van der Waals surface area contributed by atoms with Crippen molar-refractivity contribution in [1.82, 2.24) is 4.90 Å². The van der Waals surface area contributed by atoms with E-state index in [0.717, 1.165) is 5.56 Å². The Balaban J connectivity index is 2.07. The second kappa shape index (κ2) is 4.24. The molecule has 0 saturated carbocycles. The van der Waals surface area contributed by atoms with Crippen molar-refractivity contribution in [1.29, 1.82) is 0 Å². The van der Waals surface area contributed by atoms with Crippen molar-refractivity contribution < 1.29 is 9.18 Å². The molecule has 0 spiro atoms. The molecule has 2 nitrogen and oxygen atoms in total. The number of alkyl halides is 1. The second-order valence-electron chi connectivity index (χ2n) is 4.53. The van der Waals surface area contributed by atoms with Crippen molar-refractivity contribution in [2.75, 3.05) is 19.8 Å². The predicted octanol–water partition coefficient (Wildman–Crippen LogP) is 2.34. The quantitative estimate of drug-likeness (QED) is 0.750. The van der Waals surface area contributed by atoms with E-state index in [-0.39, 0.29) is 18.5 Å². The lowest BCUT2D eigenvalue weighted by Gasteiger charge is -2.37. The Morgan fingerprint density at radius 1 is 1.38 bits per heavy atom. The highest BCUT2D eigenvalue weighted by atomic mass is 19.1. The Hall–Kier alpha value is -1.38. The van der Waals surface area contributed by atoms with E-state index in [0.29, 0.717) is 18.7 Å². The molecule has 0 atom stereocenters. The molecule has 1 aliphatic heterocycles. The Bertz CT molecular complexity index is 410. The third-order valence-electron chi connectivity index (χ3n) is 3.22. The van der Waals surface area contributed by atoms with E-state index >= 15 is 0 Å². The normalized spacial score (nSPS) is 16.1. The molecule has 0 unspecified atom stereocenters. The minimum absolute atomic E-state index is 0.0211. The van der Waals surface area contributed by atoms with Crippen LogP contribution in [0.2, 0.25) is 0 Å². The highest BCUT2D eigenvalue weighted by molar-refractivity contribution is 5.95. The Labute approximate surface area is 95.1 Å². The van der Waals surface area contributed by atoms with Gasteiger partial charge < -0.3 is 4.90 Å². The lowest BCUT2D eigenvalue weighted by Crippen LogP contribution is -2.50. The zero-order valence-electron chi connectivity index (χ0n) is 9.66. The molecule has 3 heteroatoms. The maximum Gasteiger partial charge on any atom is 0.253 e. The molecule has 1 fully saturated rings. The number of likely N-dealkylation sites (tertiary alicyclic amines) is 1. The fourth-order valence-electron chi connectivity index (χ4n) is 1.89. The van der Waals surface area contributed by atoms with Gasteiger partial charge in [-0.25, -0.2) is 0 Å². The van der Waals surface area contributed by atoms with E-state index in [2.05, 4.69) is 0 Å². The van der Waals surface area contributed by atoms with Gasteiger partial charge >= 0.3 is 0 Å². The van der Waals surface area contributed by atoms with Gasteiger partial charge in [0.25, 0.3) is 5.91 Å². The molecule has 1 amide bonds. The van der Waals surface area contributed by atoms with Gasteiger partial charge in [-0.05, 0) is 37.1 Å². The zero-order valence-corrected chi connectivity index (χ0v) is 9.66. The van der Waals surface area contributed by atoms with E-state index < -0.39 is 0 Å². The summed E-state index contributed by atoms with van der Waals surface area (Å²) < 4.78 is 12.3. The van der Waals surface area contributed by atoms with Gasteiger partial charge in [0.05, 0.1) is 6.67 Å². The van der Waals surface area contributed by atoms with E-state index in [1.165, 1.54) is 5.56 Å². The number of carbonyl (C=O) groups excluding carboxylic acids is 1. The van der Waals surface area contributed by atoms with Gasteiger partial charge in [0, 0.05) is 24.6 Å². The number of benzene rings is 1. The summed E-state index contributed by atoms with van der Waals surface area (Å²) in [4.78, 5) is 13.7. The highest BCUT2D eigenvalue weighted by Crippen LogP contribution is 2.20. The van der Waals surface area contributed by atoms with E-state index in [1.807, 2.05) is 32.0 Å². The topological polar surface area (TPSA) is 20.3 Å². The van der Waals surface area contributed by atoms with Gasteiger partial charge in [0.2, 0.25) is 0 Å². The van der Waals surface area contributed by atoms with Crippen LogP contribution in [0.4, 0.5) is 4.39 Å². The number of hydrogen-bond acceptors (Lipinski definition) is 1. The van der Waals surface area contributed by atoms with Gasteiger partial charge in [0.15, 0.2) is 0 Å². The largest absolute Gasteiger partial charge is 0.338 e. The van der Waals surface area contributed by atoms with Crippen LogP contribution in [-0.4, -0.2) is 30.6 Å². The number of carbonyl (C=O) groups is 1. The molecule has 1 aliphatic rings. The summed E-state index contributed by atoms with van der Waals surface area (Å²) in [6.07, 6.45) is 0. The first-order chi connectivity index (χ1) is 7.61. The molecule has 0 N–H and O–H groups in total. The first kappa shape index (κ1) is 11.1. The van der Waals surface area contributed by atoms with Crippen LogP contribution in [0.5, 0.6) is 0 Å². The lowest BCUT2D eigenvalue weighted by molar-refractivity contribution is 0.0453. The van der Waals surface area contributed by atoms with E-state index in [9.17, 15) is 9.18 Å². The summed E-state index contributed by atoms with van der Waals surface area (Å²) in [5, 5.41) is 0. The van der Waals surface area contributed by atoms with Crippen molar-refractivity contribution in [2.24, 2.45) is 5.92 Å². The molecule has 1 aromatic carbocycles. The van der Waals surface area contributed by atoms with Crippen molar-refractivity contribution >= 4 is 5.91 Å². The molecule has 1 saturated heterocycles. The SMILES string of the molecule is Cc1ccc(C(=O)N2CC(CF)C2)cc1C. The highest BCUT2D eigenvalue weighted by Gasteiger charge is 2.30. The molecule has 0 radical (unpaired) electrons. The van der Waals surface area contributed by atoms with Crippen LogP contribution in [0.1, 0.15) is 21.5 Å². The van der Waals surface area contributed by atoms with Gasteiger partial charge in [-0.3, -0.25) is 9.18 Å². The average Bonchev–Trinajstić information content (AvgIpc) is 2.20. The van der Waals surface area contributed by atoms with Crippen molar-refractivity contribution in [3.63, 3.8) is 0 Å². The van der Waals surface area contributed by atoms with Crippen LogP contribution >= 0.6 is 0 Å². The molecule has 0 aliphatic carbocycles. The summed E-state index contributed by atoms with van der Waals surface area (Å²) >= 11 is 0. The number of aryl methyl sites for hydroxylation is 2. The molecular weight excluding hydrogens is 205 g/mol. The maximum absolute atomic E-state index is 12.3. The van der Waals surface area contributed by atoms with Crippen molar-refractivity contribution in [2.45, 2.75) is 13.8 Å². The molecule has 2 rings (SSSR count). The van der Waals surface area contributed by atoms with Gasteiger partial charge in [-0.1, -0.05) is 6.07 Å². The second-order valence-corrected chi connectivity index (χ2v) is 4.53. The molecule has 0 aromatic heterocycles. The summed E-state index contributed by atoms with van der Waals surface area (Å²) in [5.41, 5.74) is 3.01. The molecule has 16 heavy (non-hydrogen) atoms. The van der Waals surface area contributed by atoms with Gasteiger partial charge in [-0.15, -0.1) is 0 Å². The van der Waals surface area contributed by atoms with Gasteiger partial charge in [0.1, 0.15) is 0 Å². The summed E-state index contributed by atoms with van der Waals surface area (Å²) in [6, 6.07) is 5.70. The van der Waals surface area contributed by atoms with Crippen LogP contribution in [0.25, 0.3) is 0 Å². The number of nitrogens with zero attached hydrogens (tertiary/aromatic N) is 1. The Morgan fingerprint density at radius 3 is 2.62 bits per heavy atom. The Morgan fingerprint density at radius 2 is 2.06 bits per heavy atom. The summed E-state index contributed by atoms with van der Waals surface area (Å²) in [5.74, 6) is 0.0725. The number of amides is 1. The molecular formula is C13H16FNO. The summed E-state index contributed by atoms with van der Waals surface area (Å²) in [6.45, 7) is 4.81. The first-order valence-electron chi connectivity index (χ1n) is 5.54. The van der Waals surface area contributed by atoms with Crippen LogP contribution in [0.3, 0.4) is 0 Å². The minimum atomic E-state index is -0.323. The zero-order chi connectivity index (χ0) is 11.7. The minimum Gasteiger partial charge on any atom is -0.338 e. The van der Waals surface area contributed by atoms with Crippen LogP contribution in [0.15, 0.2) is 18.2 Å². The third-order valence-corrected chi connectivity index (χ3v) is 3.22. The smallest absolute Gasteiger partial charge is 0.253 e. The number of halogens is 1. The van der Waals surface area contributed by atoms with Crippen LogP contribution < -0.4 is 0 Å². The fraction of sp³-hybridized carbons (Fsp3) is 0.462. The lowest BCUT2D eigenvalue weighted by atomic mass is 9.99. The molecule has 86 valence electrons. The third kappa shape index (κ3) is 1.94. The fourth-order valence-corrected chi connectivity index (χ4v) is 1.89. The number of rotatable bonds is 2. The summed E-state index contributed by atoms with van der Waals surface area (Å²) in [7, 11) is 0. The first-order valence-corrected chi connectivity index (χ1v) is 5.54. The monoisotopic (exact) mass is 221 g/mol. The predicted molar refractivity (Wildman–Crippen MR) is 61.3 cm³/mol. The average molecular weight is 221 g/mol. The Kier molecular flexibility index (Phi) is 2.95. The molecule has 1 aromatic rings. The van der Waals surface area contributed by atoms with Crippen molar-refractivity contribution in [3.8, 4) is 0 Å². The van der Waals surface area contributed by atoms with Crippen LogP contribution in [0, 0.1) is 19.8 Å². The van der Waals surface area contributed by atoms with Crippen LogP contribution in [-0.2, 0) is 0 Å². The molecule has 0 bridgehead atoms. The van der Waals surface area contributed by atoms with E-state index in [1.54, 1.807) is 4.90 Å². The van der Waals surface area contributed by atoms with E-state index in [4.69, 9.17) is 0 Å². The maximum atomic E-state index is 12.3. The standard InChI is InChI=1S/C13H16FNO/c1-9-3-4-12(5-10(9)2)13(16)15-7-11(6-14)8-15/h3-5,11H,6-8H2,1-2H3. The van der Waals surface area contributed by atoms with Crippen molar-refractivity contribution in [3.05, 3.63) is 34.9 Å².